The Hall–Kier alpha value is -0.690. The first-order valence-electron chi connectivity index (χ1n) is 6.74. The van der Waals surface area contributed by atoms with Gasteiger partial charge in [-0.15, -0.1) is 11.3 Å². The summed E-state index contributed by atoms with van der Waals surface area (Å²) in [5.74, 6) is 0. The average molecular weight is 285 g/mol. The van der Waals surface area contributed by atoms with E-state index in [0.717, 1.165) is 36.8 Å². The SMILES string of the molecule is COCCN(CCOC)c1nc2c(s1)CCCC2N. The van der Waals surface area contributed by atoms with Gasteiger partial charge in [0.1, 0.15) is 0 Å². The number of aryl methyl sites for hydroxylation is 1. The predicted octanol–water partition coefficient (Wildman–Crippen LogP) is 1.58. The average Bonchev–Trinajstić information content (AvgIpc) is 2.84. The van der Waals surface area contributed by atoms with E-state index in [9.17, 15) is 0 Å². The van der Waals surface area contributed by atoms with Crippen molar-refractivity contribution in [2.24, 2.45) is 5.73 Å². The van der Waals surface area contributed by atoms with E-state index in [1.54, 1.807) is 25.6 Å². The number of ether oxygens (including phenoxy) is 2. The predicted molar refractivity (Wildman–Crippen MR) is 77.9 cm³/mol. The molecule has 2 N–H and O–H groups in total. The largest absolute Gasteiger partial charge is 0.383 e. The Kier molecular flexibility index (Phi) is 5.57. The Labute approximate surface area is 118 Å². The summed E-state index contributed by atoms with van der Waals surface area (Å²) >= 11 is 1.77. The highest BCUT2D eigenvalue weighted by atomic mass is 32.1. The molecule has 0 amide bonds. The van der Waals surface area contributed by atoms with Crippen LogP contribution in [0.4, 0.5) is 5.13 Å². The number of hydrogen-bond acceptors (Lipinski definition) is 6. The van der Waals surface area contributed by atoms with Gasteiger partial charge < -0.3 is 20.1 Å². The number of aromatic nitrogens is 1. The van der Waals surface area contributed by atoms with Gasteiger partial charge in [-0.05, 0) is 19.3 Å². The van der Waals surface area contributed by atoms with Crippen molar-refractivity contribution in [1.29, 1.82) is 0 Å². The van der Waals surface area contributed by atoms with Crippen LogP contribution in [0.3, 0.4) is 0 Å². The number of rotatable bonds is 7. The fraction of sp³-hybridized carbons (Fsp3) is 0.769. The molecule has 1 unspecified atom stereocenters. The van der Waals surface area contributed by atoms with Crippen molar-refractivity contribution in [2.45, 2.75) is 25.3 Å². The Morgan fingerprint density at radius 2 is 2.00 bits per heavy atom. The maximum absolute atomic E-state index is 6.14. The molecule has 1 aliphatic rings. The van der Waals surface area contributed by atoms with Crippen LogP contribution in [0.2, 0.25) is 0 Å². The number of hydrogen-bond donors (Lipinski definition) is 1. The van der Waals surface area contributed by atoms with Gasteiger partial charge >= 0.3 is 0 Å². The third-order valence-electron chi connectivity index (χ3n) is 3.39. The van der Waals surface area contributed by atoms with Crippen molar-refractivity contribution < 1.29 is 9.47 Å². The van der Waals surface area contributed by atoms with Gasteiger partial charge in [0, 0.05) is 38.2 Å². The summed E-state index contributed by atoms with van der Waals surface area (Å²) in [6, 6.07) is 0.112. The van der Waals surface area contributed by atoms with Gasteiger partial charge in [0.2, 0.25) is 0 Å². The number of nitrogens with zero attached hydrogens (tertiary/aromatic N) is 2. The van der Waals surface area contributed by atoms with Crippen molar-refractivity contribution in [1.82, 2.24) is 4.98 Å². The molecule has 0 saturated carbocycles. The molecule has 1 aromatic heterocycles. The lowest BCUT2D eigenvalue weighted by Gasteiger charge is -2.20. The van der Waals surface area contributed by atoms with Gasteiger partial charge in [0.05, 0.1) is 18.9 Å². The van der Waals surface area contributed by atoms with Gasteiger partial charge in [-0.25, -0.2) is 4.98 Å². The first kappa shape index (κ1) is 14.7. The van der Waals surface area contributed by atoms with Crippen LogP contribution < -0.4 is 10.6 Å². The maximum atomic E-state index is 6.14. The highest BCUT2D eigenvalue weighted by Gasteiger charge is 2.23. The molecule has 1 aliphatic carbocycles. The molecule has 0 aliphatic heterocycles. The first-order chi connectivity index (χ1) is 9.26. The summed E-state index contributed by atoms with van der Waals surface area (Å²) in [4.78, 5) is 8.33. The molecular weight excluding hydrogens is 262 g/mol. The third-order valence-corrected chi connectivity index (χ3v) is 4.58. The number of fused-ring (bicyclic) bond motifs is 1. The van der Waals surface area contributed by atoms with E-state index >= 15 is 0 Å². The molecule has 0 aromatic carbocycles. The van der Waals surface area contributed by atoms with E-state index in [-0.39, 0.29) is 6.04 Å². The summed E-state index contributed by atoms with van der Waals surface area (Å²) in [5, 5.41) is 1.05. The van der Waals surface area contributed by atoms with Gasteiger partial charge in [-0.1, -0.05) is 0 Å². The highest BCUT2D eigenvalue weighted by molar-refractivity contribution is 7.15. The molecule has 0 fully saturated rings. The number of methoxy groups -OCH3 is 2. The zero-order valence-electron chi connectivity index (χ0n) is 11.7. The fourth-order valence-corrected chi connectivity index (χ4v) is 3.50. The second-order valence-corrected chi connectivity index (χ2v) is 5.84. The molecule has 0 bridgehead atoms. The molecule has 0 radical (unpaired) electrons. The Balaban J connectivity index is 2.11. The minimum Gasteiger partial charge on any atom is -0.383 e. The highest BCUT2D eigenvalue weighted by Crippen LogP contribution is 2.35. The lowest BCUT2D eigenvalue weighted by molar-refractivity contribution is 0.190. The number of thiazole rings is 1. The van der Waals surface area contributed by atoms with Gasteiger partial charge in [0.15, 0.2) is 5.13 Å². The van der Waals surface area contributed by atoms with E-state index in [1.165, 1.54) is 11.3 Å². The number of anilines is 1. The van der Waals surface area contributed by atoms with Gasteiger partial charge in [-0.2, -0.15) is 0 Å². The monoisotopic (exact) mass is 285 g/mol. The topological polar surface area (TPSA) is 60.6 Å². The lowest BCUT2D eigenvalue weighted by atomic mass is 9.99. The Bertz CT molecular complexity index is 389. The summed E-state index contributed by atoms with van der Waals surface area (Å²) < 4.78 is 10.3. The van der Waals surface area contributed by atoms with Crippen molar-refractivity contribution in [3.05, 3.63) is 10.6 Å². The molecule has 6 heteroatoms. The van der Waals surface area contributed by atoms with Crippen molar-refractivity contribution >= 4 is 16.5 Å². The van der Waals surface area contributed by atoms with Crippen LogP contribution in [0.15, 0.2) is 0 Å². The van der Waals surface area contributed by atoms with Crippen molar-refractivity contribution in [3.8, 4) is 0 Å². The Morgan fingerprint density at radius 3 is 2.58 bits per heavy atom. The summed E-state index contributed by atoms with van der Waals surface area (Å²) in [7, 11) is 3.44. The molecule has 0 spiro atoms. The minimum atomic E-state index is 0.112. The normalized spacial score (nSPS) is 18.4. The van der Waals surface area contributed by atoms with Gasteiger partial charge in [-0.3, -0.25) is 0 Å². The molecule has 1 atom stereocenters. The fourth-order valence-electron chi connectivity index (χ4n) is 2.28. The van der Waals surface area contributed by atoms with Crippen LogP contribution in [-0.2, 0) is 15.9 Å². The van der Waals surface area contributed by atoms with Crippen LogP contribution in [0, 0.1) is 0 Å². The molecule has 1 aromatic rings. The van der Waals surface area contributed by atoms with Crippen LogP contribution in [-0.4, -0.2) is 45.5 Å². The van der Waals surface area contributed by atoms with E-state index in [4.69, 9.17) is 20.2 Å². The van der Waals surface area contributed by atoms with Crippen LogP contribution in [0.5, 0.6) is 0 Å². The molecule has 5 nitrogen and oxygen atoms in total. The van der Waals surface area contributed by atoms with E-state index in [1.807, 2.05) is 0 Å². The molecule has 108 valence electrons. The summed E-state index contributed by atoms with van der Waals surface area (Å²) in [6.07, 6.45) is 3.33. The van der Waals surface area contributed by atoms with Gasteiger partial charge in [0.25, 0.3) is 0 Å². The standard InChI is InChI=1S/C13H23N3O2S/c1-17-8-6-16(7-9-18-2)13-15-12-10(14)4-3-5-11(12)19-13/h10H,3-9,14H2,1-2H3. The van der Waals surface area contributed by atoms with Crippen LogP contribution >= 0.6 is 11.3 Å². The van der Waals surface area contributed by atoms with Crippen LogP contribution in [0.1, 0.15) is 29.5 Å². The smallest absolute Gasteiger partial charge is 0.185 e. The molecular formula is C13H23N3O2S. The zero-order valence-corrected chi connectivity index (χ0v) is 12.5. The summed E-state index contributed by atoms with van der Waals surface area (Å²) in [6.45, 7) is 3.06. The van der Waals surface area contributed by atoms with Crippen molar-refractivity contribution in [2.75, 3.05) is 45.4 Å². The first-order valence-corrected chi connectivity index (χ1v) is 7.56. The lowest BCUT2D eigenvalue weighted by Crippen LogP contribution is -2.30. The number of nitrogens with two attached hydrogens (primary N) is 1. The van der Waals surface area contributed by atoms with Crippen LogP contribution in [0.25, 0.3) is 0 Å². The quantitative estimate of drug-likeness (QED) is 0.824. The Morgan fingerprint density at radius 1 is 1.32 bits per heavy atom. The summed E-state index contributed by atoms with van der Waals surface area (Å²) in [5.41, 5.74) is 7.24. The zero-order chi connectivity index (χ0) is 13.7. The van der Waals surface area contributed by atoms with E-state index in [0.29, 0.717) is 13.2 Å². The minimum absolute atomic E-state index is 0.112. The molecule has 0 saturated heterocycles. The third kappa shape index (κ3) is 3.66. The van der Waals surface area contributed by atoms with E-state index in [2.05, 4.69) is 4.90 Å². The molecule has 19 heavy (non-hydrogen) atoms. The van der Waals surface area contributed by atoms with E-state index < -0.39 is 0 Å². The molecule has 2 rings (SSSR count). The van der Waals surface area contributed by atoms with Crippen molar-refractivity contribution in [3.63, 3.8) is 0 Å². The second kappa shape index (κ2) is 7.19. The molecule has 1 heterocycles. The second-order valence-electron chi connectivity index (χ2n) is 4.78. The maximum Gasteiger partial charge on any atom is 0.185 e.